The summed E-state index contributed by atoms with van der Waals surface area (Å²) in [5.41, 5.74) is -0.195. The van der Waals surface area contributed by atoms with E-state index in [9.17, 15) is 14.0 Å². The van der Waals surface area contributed by atoms with Gasteiger partial charge in [-0.25, -0.2) is 4.39 Å². The lowest BCUT2D eigenvalue weighted by molar-refractivity contribution is -0.149. The van der Waals surface area contributed by atoms with E-state index in [0.29, 0.717) is 32.8 Å². The van der Waals surface area contributed by atoms with Gasteiger partial charge in [0.25, 0.3) is 5.91 Å². The fourth-order valence-corrected chi connectivity index (χ4v) is 4.13. The third kappa shape index (κ3) is 4.76. The van der Waals surface area contributed by atoms with Gasteiger partial charge in [0, 0.05) is 33.3 Å². The number of carbonyl (C=O) groups is 2. The summed E-state index contributed by atoms with van der Waals surface area (Å²) in [7, 11) is 1.63. The molecule has 2 amide bonds. The average molecular weight is 434 g/mol. The summed E-state index contributed by atoms with van der Waals surface area (Å²) >= 11 is 6.01. The zero-order valence-electron chi connectivity index (χ0n) is 15.9. The molecular weight excluding hydrogens is 408 g/mol. The highest BCUT2D eigenvalue weighted by molar-refractivity contribution is 6.33. The van der Waals surface area contributed by atoms with E-state index >= 15 is 0 Å². The molecule has 0 aromatic heterocycles. The quantitative estimate of drug-likeness (QED) is 0.790. The Balaban J connectivity index is 0.00000280. The van der Waals surface area contributed by atoms with E-state index in [2.05, 4.69) is 5.32 Å². The molecule has 1 N–H and O–H groups in total. The molecule has 1 aromatic carbocycles. The molecule has 0 atom stereocenters. The lowest BCUT2D eigenvalue weighted by atomic mass is 9.78. The molecule has 0 unspecified atom stereocenters. The number of benzene rings is 1. The largest absolute Gasteiger partial charge is 0.384 e. The van der Waals surface area contributed by atoms with Crippen LogP contribution in [0.1, 0.15) is 23.2 Å². The number of rotatable bonds is 4. The number of nitrogens with zero attached hydrogens (tertiary/aromatic N) is 2. The minimum absolute atomic E-state index is 0. The molecule has 2 aliphatic heterocycles. The number of ether oxygens (including phenoxy) is 1. The standard InChI is InChI=1S/C19H25ClFN3O3.ClH/c1-27-13-19(4-6-22-7-5-19)18(26)24-10-8-23(9-11-24)17(25)15-3-2-14(21)12-16(15)20;/h2-3,12,22H,4-11,13H2,1H3;1H. The lowest BCUT2D eigenvalue weighted by Crippen LogP contribution is -2.57. The van der Waals surface area contributed by atoms with Crippen LogP contribution in [0.5, 0.6) is 0 Å². The van der Waals surface area contributed by atoms with Gasteiger partial charge in [0.2, 0.25) is 5.91 Å². The first kappa shape index (κ1) is 22.9. The van der Waals surface area contributed by atoms with Crippen LogP contribution in [0.15, 0.2) is 18.2 Å². The Bertz CT molecular complexity index is 700. The molecule has 3 rings (SSSR count). The Morgan fingerprint density at radius 2 is 1.79 bits per heavy atom. The van der Waals surface area contributed by atoms with Crippen LogP contribution in [-0.4, -0.2) is 74.6 Å². The van der Waals surface area contributed by atoms with Gasteiger partial charge in [-0.1, -0.05) is 11.6 Å². The topological polar surface area (TPSA) is 61.9 Å². The second-order valence-corrected chi connectivity index (χ2v) is 7.58. The molecule has 9 heteroatoms. The number of methoxy groups -OCH3 is 1. The summed E-state index contributed by atoms with van der Waals surface area (Å²) in [5, 5.41) is 3.39. The smallest absolute Gasteiger partial charge is 0.255 e. The molecule has 2 aliphatic rings. The van der Waals surface area contributed by atoms with Crippen molar-refractivity contribution >= 4 is 35.8 Å². The van der Waals surface area contributed by atoms with Gasteiger partial charge in [0.05, 0.1) is 22.6 Å². The Labute approximate surface area is 175 Å². The number of nitrogens with one attached hydrogen (secondary N) is 1. The maximum atomic E-state index is 13.2. The maximum absolute atomic E-state index is 13.2. The van der Waals surface area contributed by atoms with E-state index in [1.54, 1.807) is 12.0 Å². The van der Waals surface area contributed by atoms with Crippen molar-refractivity contribution < 1.29 is 18.7 Å². The summed E-state index contributed by atoms with van der Waals surface area (Å²) < 4.78 is 18.6. The van der Waals surface area contributed by atoms with Crippen molar-refractivity contribution in [1.82, 2.24) is 15.1 Å². The molecule has 156 valence electrons. The zero-order chi connectivity index (χ0) is 19.4. The van der Waals surface area contributed by atoms with Crippen LogP contribution in [-0.2, 0) is 9.53 Å². The molecule has 2 saturated heterocycles. The Hall–Kier alpha value is -1.41. The second kappa shape index (κ2) is 9.87. The van der Waals surface area contributed by atoms with Gasteiger partial charge in [0.1, 0.15) is 5.82 Å². The van der Waals surface area contributed by atoms with Crippen molar-refractivity contribution in [2.45, 2.75) is 12.8 Å². The van der Waals surface area contributed by atoms with E-state index in [4.69, 9.17) is 16.3 Å². The predicted molar refractivity (Wildman–Crippen MR) is 108 cm³/mol. The van der Waals surface area contributed by atoms with Crippen molar-refractivity contribution in [1.29, 1.82) is 0 Å². The molecule has 28 heavy (non-hydrogen) atoms. The first-order valence-electron chi connectivity index (χ1n) is 9.20. The van der Waals surface area contributed by atoms with Gasteiger partial charge < -0.3 is 19.9 Å². The van der Waals surface area contributed by atoms with Gasteiger partial charge in [-0.2, -0.15) is 0 Å². The van der Waals surface area contributed by atoms with E-state index in [0.717, 1.165) is 32.0 Å². The van der Waals surface area contributed by atoms with Gasteiger partial charge >= 0.3 is 0 Å². The van der Waals surface area contributed by atoms with E-state index in [1.165, 1.54) is 12.1 Å². The van der Waals surface area contributed by atoms with Gasteiger partial charge in [-0.05, 0) is 44.1 Å². The highest BCUT2D eigenvalue weighted by Gasteiger charge is 2.43. The summed E-state index contributed by atoms with van der Waals surface area (Å²) in [6, 6.07) is 3.77. The molecular formula is C19H26Cl2FN3O3. The van der Waals surface area contributed by atoms with Crippen LogP contribution in [0.4, 0.5) is 4.39 Å². The lowest BCUT2D eigenvalue weighted by Gasteiger charge is -2.42. The van der Waals surface area contributed by atoms with E-state index in [-0.39, 0.29) is 34.8 Å². The molecule has 1 aromatic rings. The maximum Gasteiger partial charge on any atom is 0.255 e. The summed E-state index contributed by atoms with van der Waals surface area (Å²) in [4.78, 5) is 29.3. The van der Waals surface area contributed by atoms with Crippen LogP contribution in [0, 0.1) is 11.2 Å². The molecule has 0 saturated carbocycles. The number of piperazine rings is 1. The Kier molecular flexibility index (Phi) is 8.07. The van der Waals surface area contributed by atoms with Gasteiger partial charge in [-0.15, -0.1) is 12.4 Å². The van der Waals surface area contributed by atoms with Gasteiger partial charge in [-0.3, -0.25) is 9.59 Å². The van der Waals surface area contributed by atoms with E-state index in [1.807, 2.05) is 4.90 Å². The number of piperidine rings is 1. The first-order valence-corrected chi connectivity index (χ1v) is 9.58. The van der Waals surface area contributed by atoms with Crippen molar-refractivity contribution in [3.05, 3.63) is 34.6 Å². The number of amides is 2. The fourth-order valence-electron chi connectivity index (χ4n) is 3.88. The summed E-state index contributed by atoms with van der Waals surface area (Å²) in [5.74, 6) is -0.601. The molecule has 0 bridgehead atoms. The average Bonchev–Trinajstić information content (AvgIpc) is 2.68. The molecule has 0 aliphatic carbocycles. The third-order valence-electron chi connectivity index (χ3n) is 5.45. The molecule has 2 fully saturated rings. The summed E-state index contributed by atoms with van der Waals surface area (Å²) in [6.45, 7) is 3.83. The van der Waals surface area contributed by atoms with Crippen LogP contribution in [0.3, 0.4) is 0 Å². The molecule has 0 spiro atoms. The highest BCUT2D eigenvalue weighted by Crippen LogP contribution is 2.32. The van der Waals surface area contributed by atoms with Crippen molar-refractivity contribution in [3.63, 3.8) is 0 Å². The Morgan fingerprint density at radius 1 is 1.18 bits per heavy atom. The van der Waals surface area contributed by atoms with E-state index < -0.39 is 11.2 Å². The van der Waals surface area contributed by atoms with Crippen LogP contribution < -0.4 is 5.32 Å². The minimum atomic E-state index is -0.480. The normalized spacial score (nSPS) is 19.1. The van der Waals surface area contributed by atoms with Crippen molar-refractivity contribution in [2.24, 2.45) is 5.41 Å². The molecule has 0 radical (unpaired) electrons. The van der Waals surface area contributed by atoms with Crippen molar-refractivity contribution in [2.75, 3.05) is 53.0 Å². The fraction of sp³-hybridized carbons (Fsp3) is 0.579. The zero-order valence-corrected chi connectivity index (χ0v) is 17.5. The van der Waals surface area contributed by atoms with Gasteiger partial charge in [0.15, 0.2) is 0 Å². The third-order valence-corrected chi connectivity index (χ3v) is 5.76. The highest BCUT2D eigenvalue weighted by atomic mass is 35.5. The summed E-state index contributed by atoms with van der Waals surface area (Å²) in [6.07, 6.45) is 1.51. The van der Waals surface area contributed by atoms with Crippen LogP contribution in [0.2, 0.25) is 5.02 Å². The second-order valence-electron chi connectivity index (χ2n) is 7.17. The molecule has 2 heterocycles. The monoisotopic (exact) mass is 433 g/mol. The van der Waals surface area contributed by atoms with Crippen LogP contribution >= 0.6 is 24.0 Å². The number of hydrogen-bond donors (Lipinski definition) is 1. The SMILES string of the molecule is COCC1(C(=O)N2CCN(C(=O)c3ccc(F)cc3Cl)CC2)CCNCC1.Cl. The minimum Gasteiger partial charge on any atom is -0.384 e. The van der Waals surface area contributed by atoms with Crippen LogP contribution in [0.25, 0.3) is 0 Å². The number of carbonyl (C=O) groups excluding carboxylic acids is 2. The number of hydrogen-bond acceptors (Lipinski definition) is 4. The number of halogens is 3. The first-order chi connectivity index (χ1) is 13.0. The molecule has 6 nitrogen and oxygen atoms in total. The van der Waals surface area contributed by atoms with Crippen molar-refractivity contribution in [3.8, 4) is 0 Å². The predicted octanol–water partition coefficient (Wildman–Crippen LogP) is 2.20. The Morgan fingerprint density at radius 3 is 2.36 bits per heavy atom.